The summed E-state index contributed by atoms with van der Waals surface area (Å²) < 4.78 is 24.8. The van der Waals surface area contributed by atoms with Gasteiger partial charge in [0.15, 0.2) is 0 Å². The number of nitrogens with zero attached hydrogens (tertiary/aromatic N) is 1. The summed E-state index contributed by atoms with van der Waals surface area (Å²) in [4.78, 5) is 14.2. The fourth-order valence-corrected chi connectivity index (χ4v) is 3.38. The standard InChI is InChI=1S/C21H20FNO3/c1-13-14(2)21(24)26-20-17(13)6-7-19-18(20)11-23(12-25-19)9-8-15-4-3-5-16(22)10-15/h3-7,10H,8-9,11-12H2,1-2H3. The minimum absolute atomic E-state index is 0.221. The first-order chi connectivity index (χ1) is 12.5. The van der Waals surface area contributed by atoms with Crippen molar-refractivity contribution in [2.75, 3.05) is 13.3 Å². The molecule has 0 N–H and O–H groups in total. The van der Waals surface area contributed by atoms with E-state index in [9.17, 15) is 9.18 Å². The van der Waals surface area contributed by atoms with Gasteiger partial charge in [-0.1, -0.05) is 12.1 Å². The first-order valence-corrected chi connectivity index (χ1v) is 8.68. The lowest BCUT2D eigenvalue weighted by Crippen LogP contribution is -2.33. The van der Waals surface area contributed by atoms with Crippen molar-refractivity contribution < 1.29 is 13.5 Å². The second-order valence-electron chi connectivity index (χ2n) is 6.76. The molecule has 3 aromatic rings. The molecule has 0 radical (unpaired) electrons. The van der Waals surface area contributed by atoms with Crippen LogP contribution in [0, 0.1) is 19.7 Å². The third-order valence-electron chi connectivity index (χ3n) is 5.08. The molecule has 1 aromatic heterocycles. The number of aryl methyl sites for hydroxylation is 1. The highest BCUT2D eigenvalue weighted by Gasteiger charge is 2.22. The Morgan fingerprint density at radius 2 is 2.00 bits per heavy atom. The Labute approximate surface area is 150 Å². The van der Waals surface area contributed by atoms with E-state index < -0.39 is 0 Å². The second kappa shape index (κ2) is 6.57. The fourth-order valence-electron chi connectivity index (χ4n) is 3.38. The lowest BCUT2D eigenvalue weighted by molar-refractivity contribution is 0.0967. The zero-order chi connectivity index (χ0) is 18.3. The number of fused-ring (bicyclic) bond motifs is 3. The van der Waals surface area contributed by atoms with Gasteiger partial charge in [0.05, 0.1) is 5.56 Å². The van der Waals surface area contributed by atoms with E-state index >= 15 is 0 Å². The number of hydrogen-bond acceptors (Lipinski definition) is 4. The largest absolute Gasteiger partial charge is 0.478 e. The van der Waals surface area contributed by atoms with Gasteiger partial charge in [-0.2, -0.15) is 0 Å². The molecule has 0 fully saturated rings. The van der Waals surface area contributed by atoms with Gasteiger partial charge in [0.1, 0.15) is 23.9 Å². The van der Waals surface area contributed by atoms with E-state index in [4.69, 9.17) is 9.15 Å². The molecule has 0 bridgehead atoms. The topological polar surface area (TPSA) is 42.7 Å². The molecule has 0 unspecified atom stereocenters. The Bertz CT molecular complexity index is 1040. The monoisotopic (exact) mass is 353 g/mol. The van der Waals surface area contributed by atoms with Crippen molar-refractivity contribution in [3.63, 3.8) is 0 Å². The van der Waals surface area contributed by atoms with Gasteiger partial charge in [-0.25, -0.2) is 9.18 Å². The van der Waals surface area contributed by atoms with Gasteiger partial charge >= 0.3 is 5.63 Å². The molecule has 1 aliphatic heterocycles. The maximum atomic E-state index is 13.3. The zero-order valence-electron chi connectivity index (χ0n) is 14.8. The first-order valence-electron chi connectivity index (χ1n) is 8.68. The smallest absolute Gasteiger partial charge is 0.339 e. The van der Waals surface area contributed by atoms with Crippen LogP contribution in [-0.2, 0) is 13.0 Å². The van der Waals surface area contributed by atoms with E-state index in [0.29, 0.717) is 24.4 Å². The van der Waals surface area contributed by atoms with E-state index in [0.717, 1.165) is 40.8 Å². The van der Waals surface area contributed by atoms with Crippen LogP contribution in [-0.4, -0.2) is 18.2 Å². The highest BCUT2D eigenvalue weighted by Crippen LogP contribution is 2.33. The SMILES string of the molecule is Cc1c(C)c2ccc3c(c2oc1=O)CN(CCc1cccc(F)c1)CO3. The van der Waals surface area contributed by atoms with Crippen LogP contribution in [0.5, 0.6) is 5.75 Å². The molecule has 0 saturated heterocycles. The molecule has 0 amide bonds. The van der Waals surface area contributed by atoms with Crippen LogP contribution in [0.25, 0.3) is 11.0 Å². The molecule has 0 spiro atoms. The van der Waals surface area contributed by atoms with Crippen LogP contribution in [0.15, 0.2) is 45.6 Å². The number of benzene rings is 2. The molecule has 0 atom stereocenters. The summed E-state index contributed by atoms with van der Waals surface area (Å²) in [5.41, 5.74) is 3.72. The van der Waals surface area contributed by atoms with Crippen LogP contribution in [0.2, 0.25) is 0 Å². The summed E-state index contributed by atoms with van der Waals surface area (Å²) in [6, 6.07) is 10.5. The summed E-state index contributed by atoms with van der Waals surface area (Å²) in [5, 5.41) is 0.941. The maximum absolute atomic E-state index is 13.3. The highest BCUT2D eigenvalue weighted by molar-refractivity contribution is 5.85. The predicted octanol–water partition coefficient (Wildman–Crippen LogP) is 3.94. The van der Waals surface area contributed by atoms with Crippen molar-refractivity contribution in [2.24, 2.45) is 0 Å². The summed E-state index contributed by atoms with van der Waals surface area (Å²) in [6.45, 7) is 5.54. The molecule has 4 nitrogen and oxygen atoms in total. The number of rotatable bonds is 3. The van der Waals surface area contributed by atoms with Crippen molar-refractivity contribution in [2.45, 2.75) is 26.8 Å². The van der Waals surface area contributed by atoms with E-state index in [2.05, 4.69) is 4.90 Å². The third kappa shape index (κ3) is 2.99. The van der Waals surface area contributed by atoms with Crippen LogP contribution in [0.4, 0.5) is 4.39 Å². The van der Waals surface area contributed by atoms with Gasteiger partial charge in [0.25, 0.3) is 0 Å². The summed E-state index contributed by atoms with van der Waals surface area (Å²) in [7, 11) is 0. The Morgan fingerprint density at radius 1 is 1.15 bits per heavy atom. The summed E-state index contributed by atoms with van der Waals surface area (Å²) >= 11 is 0. The second-order valence-corrected chi connectivity index (χ2v) is 6.76. The Balaban J connectivity index is 1.62. The molecule has 5 heteroatoms. The van der Waals surface area contributed by atoms with E-state index in [1.807, 2.05) is 25.1 Å². The van der Waals surface area contributed by atoms with Crippen molar-refractivity contribution in [3.8, 4) is 5.75 Å². The Morgan fingerprint density at radius 3 is 2.81 bits per heavy atom. The molecule has 4 rings (SSSR count). The molecule has 1 aliphatic rings. The van der Waals surface area contributed by atoms with Crippen LogP contribution in [0.1, 0.15) is 22.3 Å². The minimum atomic E-state index is -0.305. The lowest BCUT2D eigenvalue weighted by Gasteiger charge is -2.29. The van der Waals surface area contributed by atoms with Crippen molar-refractivity contribution in [1.82, 2.24) is 4.90 Å². The number of ether oxygens (including phenoxy) is 1. The molecule has 2 aromatic carbocycles. The van der Waals surface area contributed by atoms with Gasteiger partial charge in [-0.05, 0) is 55.7 Å². The Hall–Kier alpha value is -2.66. The maximum Gasteiger partial charge on any atom is 0.339 e. The van der Waals surface area contributed by atoms with Crippen molar-refractivity contribution >= 4 is 11.0 Å². The van der Waals surface area contributed by atoms with Crippen LogP contribution in [0.3, 0.4) is 0 Å². The minimum Gasteiger partial charge on any atom is -0.478 e. The predicted molar refractivity (Wildman–Crippen MR) is 98.0 cm³/mol. The van der Waals surface area contributed by atoms with Crippen molar-refractivity contribution in [1.29, 1.82) is 0 Å². The molecule has 0 aliphatic carbocycles. The van der Waals surface area contributed by atoms with E-state index in [1.165, 1.54) is 6.07 Å². The molecule has 134 valence electrons. The molecule has 26 heavy (non-hydrogen) atoms. The van der Waals surface area contributed by atoms with Gasteiger partial charge in [-0.3, -0.25) is 4.90 Å². The lowest BCUT2D eigenvalue weighted by atomic mass is 10.0. The van der Waals surface area contributed by atoms with Gasteiger partial charge in [0, 0.05) is 24.0 Å². The molecular formula is C21H20FNO3. The summed E-state index contributed by atoms with van der Waals surface area (Å²) in [6.07, 6.45) is 0.725. The third-order valence-corrected chi connectivity index (χ3v) is 5.08. The highest BCUT2D eigenvalue weighted by atomic mass is 19.1. The van der Waals surface area contributed by atoms with Crippen molar-refractivity contribution in [3.05, 3.63) is 74.9 Å². The fraction of sp³-hybridized carbons (Fsp3) is 0.286. The average Bonchev–Trinajstić information content (AvgIpc) is 2.64. The van der Waals surface area contributed by atoms with Crippen LogP contribution >= 0.6 is 0 Å². The molecule has 0 saturated carbocycles. The van der Waals surface area contributed by atoms with Gasteiger partial charge < -0.3 is 9.15 Å². The number of halogens is 1. The normalized spacial score (nSPS) is 14.3. The number of hydrogen-bond donors (Lipinski definition) is 0. The average molecular weight is 353 g/mol. The van der Waals surface area contributed by atoms with E-state index in [1.54, 1.807) is 19.1 Å². The Kier molecular flexibility index (Phi) is 4.24. The van der Waals surface area contributed by atoms with Gasteiger partial charge in [-0.15, -0.1) is 0 Å². The molecule has 2 heterocycles. The quantitative estimate of drug-likeness (QED) is 0.669. The van der Waals surface area contributed by atoms with Crippen LogP contribution < -0.4 is 10.4 Å². The van der Waals surface area contributed by atoms with Gasteiger partial charge in [0.2, 0.25) is 0 Å². The summed E-state index contributed by atoms with van der Waals surface area (Å²) in [5.74, 6) is 0.535. The first kappa shape index (κ1) is 16.8. The molecular weight excluding hydrogens is 333 g/mol. The zero-order valence-corrected chi connectivity index (χ0v) is 14.8. The van der Waals surface area contributed by atoms with E-state index in [-0.39, 0.29) is 11.4 Å².